The average Bonchev–Trinajstić information content (AvgIpc) is 2.10. The van der Waals surface area contributed by atoms with Crippen molar-refractivity contribution in [3.05, 3.63) is 12.7 Å². The molecular formula is C9H12O5. The zero-order valence-electron chi connectivity index (χ0n) is 7.60. The standard InChI is InChI=1S/C9H12O5/c1-2-7(10)6(5-9(13)14)3-4-8(11)12/h2,6H,1,3-5H2,(H,11,12)(H,13,14). The minimum Gasteiger partial charge on any atom is -0.481 e. The van der Waals surface area contributed by atoms with Gasteiger partial charge in [-0.25, -0.2) is 0 Å². The van der Waals surface area contributed by atoms with Crippen molar-refractivity contribution in [1.82, 2.24) is 0 Å². The highest BCUT2D eigenvalue weighted by Crippen LogP contribution is 2.13. The van der Waals surface area contributed by atoms with Crippen LogP contribution in [0.4, 0.5) is 0 Å². The zero-order valence-corrected chi connectivity index (χ0v) is 7.60. The first-order valence-electron chi connectivity index (χ1n) is 4.07. The third kappa shape index (κ3) is 5.08. The van der Waals surface area contributed by atoms with Crippen molar-refractivity contribution in [2.45, 2.75) is 19.3 Å². The number of hydrogen-bond donors (Lipinski definition) is 2. The molecule has 0 rings (SSSR count). The van der Waals surface area contributed by atoms with Crippen LogP contribution in [0.15, 0.2) is 12.7 Å². The molecule has 0 aromatic heterocycles. The topological polar surface area (TPSA) is 91.7 Å². The molecule has 0 saturated carbocycles. The van der Waals surface area contributed by atoms with E-state index in [1.54, 1.807) is 0 Å². The van der Waals surface area contributed by atoms with Crippen LogP contribution in [-0.4, -0.2) is 27.9 Å². The molecule has 0 aliphatic rings. The van der Waals surface area contributed by atoms with Crippen molar-refractivity contribution in [3.8, 4) is 0 Å². The van der Waals surface area contributed by atoms with E-state index >= 15 is 0 Å². The lowest BCUT2D eigenvalue weighted by Gasteiger charge is -2.08. The summed E-state index contributed by atoms with van der Waals surface area (Å²) in [4.78, 5) is 31.6. The van der Waals surface area contributed by atoms with Crippen LogP contribution in [0.25, 0.3) is 0 Å². The summed E-state index contributed by atoms with van der Waals surface area (Å²) in [5.74, 6) is -3.36. The van der Waals surface area contributed by atoms with Gasteiger partial charge in [-0.2, -0.15) is 0 Å². The lowest BCUT2D eigenvalue weighted by atomic mass is 9.95. The van der Waals surface area contributed by atoms with Gasteiger partial charge in [0.25, 0.3) is 0 Å². The van der Waals surface area contributed by atoms with Crippen molar-refractivity contribution < 1.29 is 24.6 Å². The van der Waals surface area contributed by atoms with Crippen molar-refractivity contribution in [3.63, 3.8) is 0 Å². The van der Waals surface area contributed by atoms with Crippen LogP contribution in [-0.2, 0) is 14.4 Å². The minimum atomic E-state index is -1.12. The lowest BCUT2D eigenvalue weighted by Crippen LogP contribution is -2.17. The minimum absolute atomic E-state index is 0.0342. The fraction of sp³-hybridized carbons (Fsp3) is 0.444. The van der Waals surface area contributed by atoms with Gasteiger partial charge < -0.3 is 10.2 Å². The summed E-state index contributed by atoms with van der Waals surface area (Å²) in [5, 5.41) is 16.8. The number of aliphatic carboxylic acids is 2. The second-order valence-corrected chi connectivity index (χ2v) is 2.83. The number of carbonyl (C=O) groups is 3. The number of carboxylic acids is 2. The monoisotopic (exact) mass is 200 g/mol. The summed E-state index contributed by atoms with van der Waals surface area (Å²) in [5.41, 5.74) is 0. The summed E-state index contributed by atoms with van der Waals surface area (Å²) in [7, 11) is 0. The summed E-state index contributed by atoms with van der Waals surface area (Å²) in [6, 6.07) is 0. The van der Waals surface area contributed by atoms with Crippen LogP contribution in [0.3, 0.4) is 0 Å². The molecular weight excluding hydrogens is 188 g/mol. The van der Waals surface area contributed by atoms with E-state index in [4.69, 9.17) is 10.2 Å². The molecule has 0 amide bonds. The predicted octanol–water partition coefficient (Wildman–Crippen LogP) is 0.697. The third-order valence-electron chi connectivity index (χ3n) is 1.73. The number of carbonyl (C=O) groups excluding carboxylic acids is 1. The lowest BCUT2D eigenvalue weighted by molar-refractivity contribution is -0.141. The Morgan fingerprint density at radius 1 is 1.21 bits per heavy atom. The molecule has 1 atom stereocenters. The Balaban J connectivity index is 4.24. The second kappa shape index (κ2) is 5.90. The normalized spacial score (nSPS) is 11.7. The van der Waals surface area contributed by atoms with Crippen LogP contribution in [0.5, 0.6) is 0 Å². The highest BCUT2D eigenvalue weighted by molar-refractivity contribution is 5.93. The van der Waals surface area contributed by atoms with E-state index in [9.17, 15) is 14.4 Å². The highest BCUT2D eigenvalue weighted by Gasteiger charge is 2.19. The molecule has 0 aliphatic heterocycles. The maximum atomic E-state index is 11.1. The first-order chi connectivity index (χ1) is 6.47. The van der Waals surface area contributed by atoms with Crippen molar-refractivity contribution >= 4 is 17.7 Å². The van der Waals surface area contributed by atoms with Crippen LogP contribution in [0, 0.1) is 5.92 Å². The molecule has 0 spiro atoms. The van der Waals surface area contributed by atoms with Gasteiger partial charge in [-0.15, -0.1) is 0 Å². The van der Waals surface area contributed by atoms with Gasteiger partial charge in [-0.3, -0.25) is 14.4 Å². The Bertz CT molecular complexity index is 256. The Kier molecular flexibility index (Phi) is 5.21. The van der Waals surface area contributed by atoms with Gasteiger partial charge in [0.1, 0.15) is 0 Å². The highest BCUT2D eigenvalue weighted by atomic mass is 16.4. The molecule has 14 heavy (non-hydrogen) atoms. The largest absolute Gasteiger partial charge is 0.481 e. The Hall–Kier alpha value is -1.65. The van der Waals surface area contributed by atoms with Gasteiger partial charge in [0.2, 0.25) is 0 Å². The van der Waals surface area contributed by atoms with E-state index in [1.807, 2.05) is 0 Å². The number of hydrogen-bond acceptors (Lipinski definition) is 3. The molecule has 0 saturated heterocycles. The molecule has 0 bridgehead atoms. The number of carboxylic acid groups (broad SMARTS) is 2. The van der Waals surface area contributed by atoms with E-state index in [1.165, 1.54) is 0 Å². The fourth-order valence-corrected chi connectivity index (χ4v) is 1.02. The molecule has 2 N–H and O–H groups in total. The maximum absolute atomic E-state index is 11.1. The molecule has 0 aliphatic carbocycles. The first-order valence-corrected chi connectivity index (χ1v) is 4.07. The molecule has 78 valence electrons. The van der Waals surface area contributed by atoms with E-state index in [-0.39, 0.29) is 19.3 Å². The Morgan fingerprint density at radius 2 is 1.79 bits per heavy atom. The van der Waals surface area contributed by atoms with Crippen molar-refractivity contribution in [2.24, 2.45) is 5.92 Å². The number of rotatable bonds is 7. The SMILES string of the molecule is C=CC(=O)C(CCC(=O)O)CC(=O)O. The molecule has 1 unspecified atom stereocenters. The van der Waals surface area contributed by atoms with Crippen LogP contribution in [0.2, 0.25) is 0 Å². The zero-order chi connectivity index (χ0) is 11.1. The quantitative estimate of drug-likeness (QED) is 0.590. The van der Waals surface area contributed by atoms with E-state index in [0.29, 0.717) is 0 Å². The average molecular weight is 200 g/mol. The van der Waals surface area contributed by atoms with E-state index in [0.717, 1.165) is 6.08 Å². The van der Waals surface area contributed by atoms with Gasteiger partial charge in [-0.05, 0) is 12.5 Å². The molecule has 5 nitrogen and oxygen atoms in total. The van der Waals surface area contributed by atoms with Crippen LogP contribution >= 0.6 is 0 Å². The van der Waals surface area contributed by atoms with Crippen LogP contribution < -0.4 is 0 Å². The summed E-state index contributed by atoms with van der Waals surface area (Å²) in [6.45, 7) is 3.23. The Labute approximate surface area is 81.0 Å². The fourth-order valence-electron chi connectivity index (χ4n) is 1.02. The maximum Gasteiger partial charge on any atom is 0.304 e. The van der Waals surface area contributed by atoms with Crippen LogP contribution in [0.1, 0.15) is 19.3 Å². The third-order valence-corrected chi connectivity index (χ3v) is 1.73. The summed E-state index contributed by atoms with van der Waals surface area (Å²) in [6.07, 6.45) is 0.498. The second-order valence-electron chi connectivity index (χ2n) is 2.83. The molecule has 0 heterocycles. The first kappa shape index (κ1) is 12.3. The summed E-state index contributed by atoms with van der Waals surface area (Å²) < 4.78 is 0. The number of ketones is 1. The van der Waals surface area contributed by atoms with E-state index < -0.39 is 23.6 Å². The van der Waals surface area contributed by atoms with Gasteiger partial charge in [0, 0.05) is 12.3 Å². The summed E-state index contributed by atoms with van der Waals surface area (Å²) >= 11 is 0. The van der Waals surface area contributed by atoms with Crippen molar-refractivity contribution in [1.29, 1.82) is 0 Å². The molecule has 5 heteroatoms. The Morgan fingerprint density at radius 3 is 2.14 bits per heavy atom. The van der Waals surface area contributed by atoms with Gasteiger partial charge >= 0.3 is 11.9 Å². The van der Waals surface area contributed by atoms with Gasteiger partial charge in [0.05, 0.1) is 6.42 Å². The predicted molar refractivity (Wildman–Crippen MR) is 47.8 cm³/mol. The number of allylic oxidation sites excluding steroid dienone is 1. The smallest absolute Gasteiger partial charge is 0.304 e. The van der Waals surface area contributed by atoms with Crippen molar-refractivity contribution in [2.75, 3.05) is 0 Å². The molecule has 0 radical (unpaired) electrons. The van der Waals surface area contributed by atoms with E-state index in [2.05, 4.69) is 6.58 Å². The van der Waals surface area contributed by atoms with Gasteiger partial charge in [0.15, 0.2) is 5.78 Å². The molecule has 0 aromatic rings. The molecule has 0 aromatic carbocycles. The molecule has 0 fully saturated rings. The van der Waals surface area contributed by atoms with Gasteiger partial charge in [-0.1, -0.05) is 6.58 Å².